The van der Waals surface area contributed by atoms with Gasteiger partial charge in [-0.2, -0.15) is 5.01 Å². The molecular weight excluding hydrogens is 470 g/mol. The van der Waals surface area contributed by atoms with E-state index in [2.05, 4.69) is 18.2 Å². The van der Waals surface area contributed by atoms with Gasteiger partial charge in [0.25, 0.3) is 0 Å². The first-order valence-corrected chi connectivity index (χ1v) is 13.4. The molecule has 0 spiro atoms. The number of unbranched alkanes of at least 4 members (excludes halogenated alkanes) is 1. The number of carbonyl (C=O) groups is 3. The van der Waals surface area contributed by atoms with Crippen molar-refractivity contribution in [1.29, 1.82) is 0 Å². The Hall–Kier alpha value is -3.09. The number of carbonyl (C=O) groups excluding carboxylic acids is 3. The van der Waals surface area contributed by atoms with E-state index in [1.54, 1.807) is 19.8 Å². The quantitative estimate of drug-likeness (QED) is 0.345. The normalized spacial score (nSPS) is 21.0. The van der Waals surface area contributed by atoms with E-state index in [1.165, 1.54) is 0 Å². The van der Waals surface area contributed by atoms with Gasteiger partial charge in [-0.15, -0.1) is 6.42 Å². The third-order valence-electron chi connectivity index (χ3n) is 7.07. The molecule has 0 aromatic heterocycles. The number of rotatable bonds is 12. The summed E-state index contributed by atoms with van der Waals surface area (Å²) in [6.07, 6.45) is 8.48. The van der Waals surface area contributed by atoms with Crippen LogP contribution in [-0.4, -0.2) is 89.3 Å². The Balaban J connectivity index is 1.83. The van der Waals surface area contributed by atoms with Crippen LogP contribution in [0.1, 0.15) is 52.0 Å². The zero-order chi connectivity index (χ0) is 26.8. The second kappa shape index (κ2) is 14.0. The number of ether oxygens (including phenoxy) is 1. The van der Waals surface area contributed by atoms with Gasteiger partial charge in [0.1, 0.15) is 12.2 Å². The molecule has 4 amide bonds. The maximum Gasteiger partial charge on any atom is 0.334 e. The highest BCUT2D eigenvalue weighted by Crippen LogP contribution is 2.30. The number of hydrogen-bond donors (Lipinski definition) is 1. The summed E-state index contributed by atoms with van der Waals surface area (Å²) >= 11 is 0. The number of terminal acetylenes is 1. The minimum atomic E-state index is -0.636. The molecule has 0 radical (unpaired) electrons. The lowest BCUT2D eigenvalue weighted by atomic mass is 9.92. The van der Waals surface area contributed by atoms with Crippen LogP contribution in [0.15, 0.2) is 30.3 Å². The van der Waals surface area contributed by atoms with E-state index in [-0.39, 0.29) is 43.4 Å². The van der Waals surface area contributed by atoms with Crippen LogP contribution in [0.25, 0.3) is 0 Å². The number of hydrazine groups is 1. The third kappa shape index (κ3) is 7.02. The first kappa shape index (κ1) is 28.5. The van der Waals surface area contributed by atoms with Crippen LogP contribution in [-0.2, 0) is 20.9 Å². The molecule has 1 N–H and O–H groups in total. The summed E-state index contributed by atoms with van der Waals surface area (Å²) in [5, 5.41) is 6.14. The molecule has 0 aliphatic carbocycles. The van der Waals surface area contributed by atoms with Gasteiger partial charge in [-0.1, -0.05) is 69.9 Å². The fourth-order valence-corrected chi connectivity index (χ4v) is 4.89. The average molecular weight is 512 g/mol. The van der Waals surface area contributed by atoms with Crippen molar-refractivity contribution in [3.05, 3.63) is 35.9 Å². The standard InChI is InChI=1S/C28H41N5O4/c1-5-8-17-37-18-12-16-30-20-24-32(26(27(30)35)22(4)7-3)25(34)21-31(15-6-2)33(24)28(36)29-19-23-13-10-9-11-14-23/h2,9-11,13-14,22,24,26H,5,7-8,12,15-21H2,1,3-4H3,(H,29,36)/t22?,24-,26-/m0/s1. The Morgan fingerprint density at radius 2 is 1.92 bits per heavy atom. The van der Waals surface area contributed by atoms with Gasteiger partial charge in [0.15, 0.2) is 0 Å². The van der Waals surface area contributed by atoms with E-state index in [1.807, 2.05) is 44.2 Å². The van der Waals surface area contributed by atoms with Crippen LogP contribution in [0.3, 0.4) is 0 Å². The van der Waals surface area contributed by atoms with Gasteiger partial charge in [0, 0.05) is 26.3 Å². The molecule has 1 unspecified atom stereocenters. The maximum atomic E-state index is 13.6. The highest BCUT2D eigenvalue weighted by molar-refractivity contribution is 5.91. The molecule has 3 atom stereocenters. The van der Waals surface area contributed by atoms with Gasteiger partial charge in [0.05, 0.1) is 19.6 Å². The predicted molar refractivity (Wildman–Crippen MR) is 142 cm³/mol. The first-order valence-electron chi connectivity index (χ1n) is 13.4. The van der Waals surface area contributed by atoms with E-state index in [9.17, 15) is 14.4 Å². The molecule has 202 valence electrons. The molecule has 2 fully saturated rings. The van der Waals surface area contributed by atoms with Crippen LogP contribution in [0.5, 0.6) is 0 Å². The van der Waals surface area contributed by atoms with E-state index in [0.717, 1.165) is 24.8 Å². The Labute approximate surface area is 221 Å². The van der Waals surface area contributed by atoms with E-state index < -0.39 is 12.2 Å². The molecule has 2 heterocycles. The van der Waals surface area contributed by atoms with Gasteiger partial charge in [-0.25, -0.2) is 9.80 Å². The van der Waals surface area contributed by atoms with Crippen LogP contribution in [0.4, 0.5) is 4.79 Å². The third-order valence-corrected chi connectivity index (χ3v) is 7.07. The van der Waals surface area contributed by atoms with Gasteiger partial charge < -0.3 is 19.9 Å². The maximum absolute atomic E-state index is 13.6. The first-order chi connectivity index (χ1) is 17.9. The van der Waals surface area contributed by atoms with Crippen LogP contribution in [0.2, 0.25) is 0 Å². The fourth-order valence-electron chi connectivity index (χ4n) is 4.89. The number of urea groups is 1. The Morgan fingerprint density at radius 3 is 2.59 bits per heavy atom. The zero-order valence-corrected chi connectivity index (χ0v) is 22.4. The van der Waals surface area contributed by atoms with E-state index in [4.69, 9.17) is 11.2 Å². The Bertz CT molecular complexity index is 950. The van der Waals surface area contributed by atoms with Gasteiger partial charge in [-0.05, 0) is 24.3 Å². The van der Waals surface area contributed by atoms with Crippen LogP contribution in [0, 0.1) is 18.3 Å². The number of piperazine rings is 1. The smallest absolute Gasteiger partial charge is 0.334 e. The van der Waals surface area contributed by atoms with Gasteiger partial charge in [-0.3, -0.25) is 9.59 Å². The highest BCUT2D eigenvalue weighted by atomic mass is 16.5. The van der Waals surface area contributed by atoms with Crippen molar-refractivity contribution in [2.75, 3.05) is 39.4 Å². The van der Waals surface area contributed by atoms with Gasteiger partial charge in [0.2, 0.25) is 11.8 Å². The summed E-state index contributed by atoms with van der Waals surface area (Å²) < 4.78 is 5.69. The zero-order valence-electron chi connectivity index (χ0n) is 22.4. The largest absolute Gasteiger partial charge is 0.381 e. The molecule has 2 saturated heterocycles. The molecule has 0 bridgehead atoms. The molecule has 37 heavy (non-hydrogen) atoms. The number of amides is 4. The molecule has 2 aliphatic heterocycles. The molecule has 1 aromatic rings. The summed E-state index contributed by atoms with van der Waals surface area (Å²) in [5.41, 5.74) is 0.963. The lowest BCUT2D eigenvalue weighted by Crippen LogP contribution is -2.77. The van der Waals surface area contributed by atoms with Crippen LogP contribution >= 0.6 is 0 Å². The summed E-state index contributed by atoms with van der Waals surface area (Å²) in [4.78, 5) is 43.9. The lowest BCUT2D eigenvalue weighted by molar-refractivity contribution is -0.192. The lowest BCUT2D eigenvalue weighted by Gasteiger charge is -2.55. The van der Waals surface area contributed by atoms with Crippen molar-refractivity contribution in [1.82, 2.24) is 25.1 Å². The molecular formula is C28H41N5O4. The van der Waals surface area contributed by atoms with Crippen molar-refractivity contribution < 1.29 is 19.1 Å². The van der Waals surface area contributed by atoms with Crippen molar-refractivity contribution in [3.8, 4) is 12.3 Å². The Morgan fingerprint density at radius 1 is 1.19 bits per heavy atom. The van der Waals surface area contributed by atoms with Crippen molar-refractivity contribution in [2.45, 2.75) is 65.2 Å². The van der Waals surface area contributed by atoms with Crippen LogP contribution < -0.4 is 5.32 Å². The topological polar surface area (TPSA) is 85.4 Å². The van der Waals surface area contributed by atoms with E-state index >= 15 is 0 Å². The van der Waals surface area contributed by atoms with Crippen molar-refractivity contribution >= 4 is 17.8 Å². The summed E-state index contributed by atoms with van der Waals surface area (Å²) in [6, 6.07) is 8.66. The van der Waals surface area contributed by atoms with E-state index in [0.29, 0.717) is 32.7 Å². The summed E-state index contributed by atoms with van der Waals surface area (Å²) in [6.45, 7) is 8.52. The molecule has 9 heteroatoms. The number of hydrogen-bond acceptors (Lipinski definition) is 5. The molecule has 1 aromatic carbocycles. The number of benzene rings is 1. The number of nitrogens with zero attached hydrogens (tertiary/aromatic N) is 4. The second-order valence-electron chi connectivity index (χ2n) is 9.73. The minimum absolute atomic E-state index is 0.0507. The van der Waals surface area contributed by atoms with Gasteiger partial charge >= 0.3 is 6.03 Å². The number of fused-ring (bicyclic) bond motifs is 1. The SMILES string of the molecule is C#CCN1CC(=O)N2[C@@H](C(C)CC)C(=O)N(CCCOCCCC)C[C@@H]2N1C(=O)NCc1ccccc1. The monoisotopic (exact) mass is 511 g/mol. The minimum Gasteiger partial charge on any atom is -0.381 e. The Kier molecular flexibility index (Phi) is 10.8. The molecule has 9 nitrogen and oxygen atoms in total. The predicted octanol–water partition coefficient (Wildman–Crippen LogP) is 2.68. The summed E-state index contributed by atoms with van der Waals surface area (Å²) in [7, 11) is 0. The molecule has 0 saturated carbocycles. The number of nitrogens with one attached hydrogen (secondary N) is 1. The second-order valence-corrected chi connectivity index (χ2v) is 9.73. The average Bonchev–Trinajstić information content (AvgIpc) is 2.90. The highest BCUT2D eigenvalue weighted by Gasteiger charge is 2.52. The fraction of sp³-hybridized carbons (Fsp3) is 0.607. The summed E-state index contributed by atoms with van der Waals surface area (Å²) in [5.74, 6) is 2.26. The molecule has 3 rings (SSSR count). The molecule has 2 aliphatic rings. The van der Waals surface area contributed by atoms with Crippen molar-refractivity contribution in [3.63, 3.8) is 0 Å². The van der Waals surface area contributed by atoms with Crippen molar-refractivity contribution in [2.24, 2.45) is 5.92 Å².